The molecule has 2 aromatic rings. The fourth-order valence-corrected chi connectivity index (χ4v) is 3.92. The smallest absolute Gasteiger partial charge is 0.292 e. The number of piperidine rings is 1. The molecule has 1 heterocycles. The number of rotatable bonds is 6. The van der Waals surface area contributed by atoms with E-state index >= 15 is 0 Å². The number of nitrogens with zero attached hydrogens (tertiary/aromatic N) is 2. The molecule has 0 bridgehead atoms. The van der Waals surface area contributed by atoms with Crippen molar-refractivity contribution >= 4 is 11.4 Å². The first-order chi connectivity index (χ1) is 13.0. The summed E-state index contributed by atoms with van der Waals surface area (Å²) < 4.78 is 5.49. The highest BCUT2D eigenvalue weighted by molar-refractivity contribution is 5.64. The third-order valence-corrected chi connectivity index (χ3v) is 5.21. The van der Waals surface area contributed by atoms with Crippen molar-refractivity contribution in [2.75, 3.05) is 25.1 Å². The van der Waals surface area contributed by atoms with E-state index in [1.165, 1.54) is 5.56 Å². The second-order valence-electron chi connectivity index (χ2n) is 7.26. The number of hydrogen-bond donors (Lipinski definition) is 1. The Morgan fingerprint density at radius 1 is 1.26 bits per heavy atom. The van der Waals surface area contributed by atoms with Crippen LogP contribution in [0.1, 0.15) is 36.8 Å². The third kappa shape index (κ3) is 4.39. The molecule has 144 valence electrons. The minimum absolute atomic E-state index is 0.0212. The van der Waals surface area contributed by atoms with Crippen molar-refractivity contribution in [3.63, 3.8) is 0 Å². The molecule has 1 aliphatic rings. The minimum Gasteiger partial charge on any atom is -0.496 e. The van der Waals surface area contributed by atoms with Gasteiger partial charge < -0.3 is 15.4 Å². The number of nitrogens with two attached hydrogens (primary N) is 1. The van der Waals surface area contributed by atoms with Crippen LogP contribution in [0.25, 0.3) is 0 Å². The zero-order chi connectivity index (χ0) is 19.4. The van der Waals surface area contributed by atoms with E-state index in [1.54, 1.807) is 13.2 Å². The van der Waals surface area contributed by atoms with Crippen LogP contribution in [0.5, 0.6) is 5.75 Å². The largest absolute Gasteiger partial charge is 0.496 e. The lowest BCUT2D eigenvalue weighted by atomic mass is 9.88. The maximum Gasteiger partial charge on any atom is 0.292 e. The fraction of sp³-hybridized carbons (Fsp3) is 0.429. The summed E-state index contributed by atoms with van der Waals surface area (Å²) >= 11 is 0. The van der Waals surface area contributed by atoms with Crippen LogP contribution in [0.3, 0.4) is 0 Å². The Hall–Kier alpha value is -2.60. The number of nitro groups is 1. The first kappa shape index (κ1) is 19.2. The molecule has 1 aliphatic heterocycles. The van der Waals surface area contributed by atoms with E-state index in [4.69, 9.17) is 10.5 Å². The molecule has 2 aromatic carbocycles. The van der Waals surface area contributed by atoms with Gasteiger partial charge in [0.05, 0.1) is 12.0 Å². The van der Waals surface area contributed by atoms with Gasteiger partial charge in [-0.2, -0.15) is 0 Å². The van der Waals surface area contributed by atoms with Crippen molar-refractivity contribution in [2.45, 2.75) is 38.1 Å². The average molecular weight is 369 g/mol. The molecular formula is C21H27N3O3. The van der Waals surface area contributed by atoms with Crippen LogP contribution < -0.4 is 15.4 Å². The molecular weight excluding hydrogens is 342 g/mol. The second kappa shape index (κ2) is 8.39. The summed E-state index contributed by atoms with van der Waals surface area (Å²) in [6, 6.07) is 13.6. The lowest BCUT2D eigenvalue weighted by molar-refractivity contribution is -0.384. The molecule has 27 heavy (non-hydrogen) atoms. The predicted molar refractivity (Wildman–Crippen MR) is 108 cm³/mol. The van der Waals surface area contributed by atoms with Gasteiger partial charge in [0.2, 0.25) is 0 Å². The molecule has 0 amide bonds. The van der Waals surface area contributed by atoms with Crippen LogP contribution in [0.2, 0.25) is 0 Å². The van der Waals surface area contributed by atoms with Crippen molar-refractivity contribution in [3.05, 3.63) is 63.7 Å². The van der Waals surface area contributed by atoms with E-state index in [9.17, 15) is 10.1 Å². The summed E-state index contributed by atoms with van der Waals surface area (Å²) in [5.41, 5.74) is 8.84. The van der Waals surface area contributed by atoms with Gasteiger partial charge in [0, 0.05) is 25.2 Å². The molecule has 1 fully saturated rings. The molecule has 2 N–H and O–H groups in total. The Bertz CT molecular complexity index is 799. The van der Waals surface area contributed by atoms with Crippen molar-refractivity contribution in [1.29, 1.82) is 0 Å². The Morgan fingerprint density at radius 2 is 1.96 bits per heavy atom. The molecule has 1 atom stereocenters. The van der Waals surface area contributed by atoms with Gasteiger partial charge in [-0.3, -0.25) is 10.1 Å². The monoisotopic (exact) mass is 369 g/mol. The van der Waals surface area contributed by atoms with Crippen molar-refractivity contribution < 1.29 is 9.66 Å². The second-order valence-corrected chi connectivity index (χ2v) is 7.26. The number of nitro benzene ring substituents is 1. The van der Waals surface area contributed by atoms with Gasteiger partial charge in [-0.25, -0.2) is 0 Å². The van der Waals surface area contributed by atoms with Crippen LogP contribution in [0, 0.1) is 10.1 Å². The molecule has 1 unspecified atom stereocenters. The molecule has 1 saturated heterocycles. The van der Waals surface area contributed by atoms with Crippen LogP contribution in [0.15, 0.2) is 42.5 Å². The van der Waals surface area contributed by atoms with Gasteiger partial charge in [0.15, 0.2) is 0 Å². The van der Waals surface area contributed by atoms with E-state index in [0.717, 1.165) is 37.2 Å². The summed E-state index contributed by atoms with van der Waals surface area (Å²) in [5, 5.41) is 11.6. The van der Waals surface area contributed by atoms with Crippen LogP contribution >= 0.6 is 0 Å². The van der Waals surface area contributed by atoms with Crippen molar-refractivity contribution in [3.8, 4) is 5.75 Å². The van der Waals surface area contributed by atoms with Gasteiger partial charge in [-0.05, 0) is 55.4 Å². The Labute approximate surface area is 160 Å². The van der Waals surface area contributed by atoms with Crippen LogP contribution in [0.4, 0.5) is 11.4 Å². The summed E-state index contributed by atoms with van der Waals surface area (Å²) in [6.45, 7) is 3.48. The quantitative estimate of drug-likeness (QED) is 0.617. The molecule has 6 nitrogen and oxygen atoms in total. The van der Waals surface area contributed by atoms with Gasteiger partial charge >= 0.3 is 0 Å². The molecule has 0 radical (unpaired) electrons. The zero-order valence-corrected chi connectivity index (χ0v) is 15.9. The summed E-state index contributed by atoms with van der Waals surface area (Å²) in [6.07, 6.45) is 2.52. The maximum atomic E-state index is 11.6. The Balaban J connectivity index is 1.76. The molecule has 6 heteroatoms. The topological polar surface area (TPSA) is 81.6 Å². The standard InChI is InChI=1S/C21H27N3O3/c1-15(22)13-16-7-8-19(20(14-16)24(25)26)23-11-9-17(10-12-23)18-5-3-4-6-21(18)27-2/h3-8,14-15,17H,9-13,22H2,1-2H3. The summed E-state index contributed by atoms with van der Waals surface area (Å²) in [5.74, 6) is 1.33. The highest BCUT2D eigenvalue weighted by atomic mass is 16.6. The lowest BCUT2D eigenvalue weighted by Gasteiger charge is -2.34. The van der Waals surface area contributed by atoms with Gasteiger partial charge in [0.25, 0.3) is 5.69 Å². The van der Waals surface area contributed by atoms with Crippen molar-refractivity contribution in [2.24, 2.45) is 5.73 Å². The number of ether oxygens (including phenoxy) is 1. The number of para-hydroxylation sites is 1. The third-order valence-electron chi connectivity index (χ3n) is 5.21. The zero-order valence-electron chi connectivity index (χ0n) is 15.9. The lowest BCUT2D eigenvalue weighted by Crippen LogP contribution is -2.33. The highest BCUT2D eigenvalue weighted by Gasteiger charge is 2.27. The van der Waals surface area contributed by atoms with Crippen LogP contribution in [-0.4, -0.2) is 31.2 Å². The molecule has 0 spiro atoms. The minimum atomic E-state index is -0.285. The maximum absolute atomic E-state index is 11.6. The first-order valence-corrected chi connectivity index (χ1v) is 9.40. The number of benzene rings is 2. The Kier molecular flexibility index (Phi) is 5.96. The first-order valence-electron chi connectivity index (χ1n) is 9.40. The van der Waals surface area contributed by atoms with Gasteiger partial charge in [-0.1, -0.05) is 24.3 Å². The summed E-state index contributed by atoms with van der Waals surface area (Å²) in [4.78, 5) is 13.4. The fourth-order valence-electron chi connectivity index (χ4n) is 3.92. The van der Waals surface area contributed by atoms with E-state index in [1.807, 2.05) is 37.3 Å². The van der Waals surface area contributed by atoms with E-state index in [2.05, 4.69) is 11.0 Å². The summed E-state index contributed by atoms with van der Waals surface area (Å²) in [7, 11) is 1.70. The highest BCUT2D eigenvalue weighted by Crippen LogP contribution is 2.37. The predicted octanol–water partition coefficient (Wildman–Crippen LogP) is 3.88. The molecule has 0 saturated carbocycles. The SMILES string of the molecule is COc1ccccc1C1CCN(c2ccc(CC(C)N)cc2[N+](=O)[O-])CC1. The molecule has 0 aromatic heterocycles. The number of methoxy groups -OCH3 is 1. The van der Waals surface area contributed by atoms with E-state index in [0.29, 0.717) is 18.0 Å². The number of hydrogen-bond acceptors (Lipinski definition) is 5. The molecule has 3 rings (SSSR count). The normalized spacial score (nSPS) is 16.2. The van der Waals surface area contributed by atoms with E-state index < -0.39 is 0 Å². The number of anilines is 1. The van der Waals surface area contributed by atoms with Gasteiger partial charge in [0.1, 0.15) is 11.4 Å². The van der Waals surface area contributed by atoms with Gasteiger partial charge in [-0.15, -0.1) is 0 Å². The van der Waals surface area contributed by atoms with Crippen LogP contribution in [-0.2, 0) is 6.42 Å². The Morgan fingerprint density at radius 3 is 2.59 bits per heavy atom. The van der Waals surface area contributed by atoms with E-state index in [-0.39, 0.29) is 16.7 Å². The average Bonchev–Trinajstić information content (AvgIpc) is 2.67. The van der Waals surface area contributed by atoms with Crippen molar-refractivity contribution in [1.82, 2.24) is 0 Å². The molecule has 0 aliphatic carbocycles.